The molecule has 2 aromatic carbocycles. The van der Waals surface area contributed by atoms with Crippen LogP contribution in [0.4, 0.5) is 15.6 Å². The first-order valence-electron chi connectivity index (χ1n) is 7.15. The summed E-state index contributed by atoms with van der Waals surface area (Å²) in [7, 11) is 1.59. The first-order chi connectivity index (χ1) is 11.1. The van der Waals surface area contributed by atoms with Gasteiger partial charge in [0.15, 0.2) is 5.13 Å². The van der Waals surface area contributed by atoms with Crippen molar-refractivity contribution in [2.24, 2.45) is 0 Å². The predicted molar refractivity (Wildman–Crippen MR) is 94.7 cm³/mol. The monoisotopic (exact) mass is 327 g/mol. The maximum atomic E-state index is 12.1. The molecule has 0 aliphatic rings. The van der Waals surface area contributed by atoms with Crippen LogP contribution in [0.1, 0.15) is 11.1 Å². The summed E-state index contributed by atoms with van der Waals surface area (Å²) >= 11 is 1.48. The number of methoxy groups -OCH3 is 1. The summed E-state index contributed by atoms with van der Waals surface area (Å²) in [4.78, 5) is 16.6. The van der Waals surface area contributed by atoms with Gasteiger partial charge in [0, 0.05) is 11.8 Å². The lowest BCUT2D eigenvalue weighted by Crippen LogP contribution is -2.19. The molecule has 0 aliphatic carbocycles. The van der Waals surface area contributed by atoms with Crippen LogP contribution in [0.2, 0.25) is 0 Å². The molecular formula is C17H17N3O2S. The number of carbonyl (C=O) groups excluding carboxylic acids is 1. The number of hydrogen-bond acceptors (Lipinski definition) is 4. The van der Waals surface area contributed by atoms with Gasteiger partial charge in [0.1, 0.15) is 5.75 Å². The Labute approximate surface area is 138 Å². The van der Waals surface area contributed by atoms with Crippen LogP contribution in [0.5, 0.6) is 5.75 Å². The molecule has 0 spiro atoms. The lowest BCUT2D eigenvalue weighted by molar-refractivity contribution is 0.262. The molecule has 2 N–H and O–H groups in total. The van der Waals surface area contributed by atoms with Crippen molar-refractivity contribution in [2.75, 3.05) is 17.7 Å². The summed E-state index contributed by atoms with van der Waals surface area (Å²) in [5, 5.41) is 6.14. The van der Waals surface area contributed by atoms with Gasteiger partial charge in [0.2, 0.25) is 0 Å². The highest BCUT2D eigenvalue weighted by Crippen LogP contribution is 2.30. The molecule has 5 nitrogen and oxygen atoms in total. The van der Waals surface area contributed by atoms with E-state index in [0.717, 1.165) is 21.3 Å². The standard InChI is InChI=1S/C17H17N3O2S/c1-10-7-8-11(2)15-14(10)19-17(23-15)20-16(21)18-12-5-4-6-13(9-12)22-3/h4-9H,1-3H3,(H2,18,19,20,21). The van der Waals surface area contributed by atoms with Crippen molar-refractivity contribution in [3.05, 3.63) is 47.5 Å². The number of aryl methyl sites for hydroxylation is 2. The molecule has 23 heavy (non-hydrogen) atoms. The Hall–Kier alpha value is -2.60. The van der Waals surface area contributed by atoms with E-state index in [9.17, 15) is 4.79 Å². The minimum atomic E-state index is -0.326. The largest absolute Gasteiger partial charge is 0.497 e. The summed E-state index contributed by atoms with van der Waals surface area (Å²) in [6, 6.07) is 11.0. The lowest BCUT2D eigenvalue weighted by Gasteiger charge is -2.06. The van der Waals surface area contributed by atoms with Gasteiger partial charge in [-0.05, 0) is 37.1 Å². The van der Waals surface area contributed by atoms with Crippen LogP contribution < -0.4 is 15.4 Å². The molecule has 0 saturated carbocycles. The lowest BCUT2D eigenvalue weighted by atomic mass is 10.1. The number of nitrogens with zero attached hydrogens (tertiary/aromatic N) is 1. The van der Waals surface area contributed by atoms with Crippen LogP contribution in [-0.2, 0) is 0 Å². The van der Waals surface area contributed by atoms with E-state index in [-0.39, 0.29) is 6.03 Å². The SMILES string of the molecule is COc1cccc(NC(=O)Nc2nc3c(C)ccc(C)c3s2)c1. The maximum Gasteiger partial charge on any atom is 0.325 e. The van der Waals surface area contributed by atoms with Crippen LogP contribution in [0.25, 0.3) is 10.2 Å². The average molecular weight is 327 g/mol. The molecule has 3 rings (SSSR count). The number of carbonyl (C=O) groups is 1. The summed E-state index contributed by atoms with van der Waals surface area (Å²) in [6.45, 7) is 4.06. The Kier molecular flexibility index (Phi) is 4.16. The van der Waals surface area contributed by atoms with E-state index in [1.165, 1.54) is 11.3 Å². The van der Waals surface area contributed by atoms with Gasteiger partial charge in [-0.25, -0.2) is 9.78 Å². The second-order valence-electron chi connectivity index (χ2n) is 5.21. The summed E-state index contributed by atoms with van der Waals surface area (Å²) in [5.41, 5.74) is 3.86. The molecule has 6 heteroatoms. The van der Waals surface area contributed by atoms with Gasteiger partial charge in [0.05, 0.1) is 17.3 Å². The van der Waals surface area contributed by atoms with Gasteiger partial charge in [-0.1, -0.05) is 29.5 Å². The fourth-order valence-corrected chi connectivity index (χ4v) is 3.28. The second-order valence-corrected chi connectivity index (χ2v) is 6.21. The van der Waals surface area contributed by atoms with Crippen molar-refractivity contribution in [3.8, 4) is 5.75 Å². The van der Waals surface area contributed by atoms with Crippen molar-refractivity contribution in [2.45, 2.75) is 13.8 Å². The summed E-state index contributed by atoms with van der Waals surface area (Å²) in [5.74, 6) is 0.689. The quantitative estimate of drug-likeness (QED) is 0.741. The molecule has 0 radical (unpaired) electrons. The third-order valence-corrected chi connectivity index (χ3v) is 4.60. The third kappa shape index (κ3) is 3.27. The number of anilines is 2. The molecule has 1 aromatic heterocycles. The molecular weight excluding hydrogens is 310 g/mol. The zero-order valence-corrected chi connectivity index (χ0v) is 14.0. The minimum Gasteiger partial charge on any atom is -0.497 e. The average Bonchev–Trinajstić information content (AvgIpc) is 2.96. The predicted octanol–water partition coefficient (Wildman–Crippen LogP) is 4.57. The number of nitrogens with one attached hydrogen (secondary N) is 2. The maximum absolute atomic E-state index is 12.1. The van der Waals surface area contributed by atoms with Crippen LogP contribution >= 0.6 is 11.3 Å². The van der Waals surface area contributed by atoms with Gasteiger partial charge < -0.3 is 10.1 Å². The van der Waals surface area contributed by atoms with E-state index in [1.54, 1.807) is 19.2 Å². The molecule has 0 fully saturated rings. The molecule has 1 heterocycles. The number of hydrogen-bond donors (Lipinski definition) is 2. The highest BCUT2D eigenvalue weighted by molar-refractivity contribution is 7.22. The first kappa shape index (κ1) is 15.3. The van der Waals surface area contributed by atoms with Crippen molar-refractivity contribution >= 4 is 38.4 Å². The Morgan fingerprint density at radius 3 is 2.65 bits per heavy atom. The van der Waals surface area contributed by atoms with Crippen molar-refractivity contribution in [1.82, 2.24) is 4.98 Å². The smallest absolute Gasteiger partial charge is 0.325 e. The van der Waals surface area contributed by atoms with Crippen LogP contribution in [0.3, 0.4) is 0 Å². The van der Waals surface area contributed by atoms with Crippen LogP contribution in [-0.4, -0.2) is 18.1 Å². The molecule has 0 saturated heterocycles. The van der Waals surface area contributed by atoms with Crippen molar-refractivity contribution in [3.63, 3.8) is 0 Å². The van der Waals surface area contributed by atoms with Crippen LogP contribution in [0, 0.1) is 13.8 Å². The summed E-state index contributed by atoms with van der Waals surface area (Å²) in [6.07, 6.45) is 0. The van der Waals surface area contributed by atoms with Crippen LogP contribution in [0.15, 0.2) is 36.4 Å². The Bertz CT molecular complexity index is 834. The van der Waals surface area contributed by atoms with E-state index in [1.807, 2.05) is 32.0 Å². The van der Waals surface area contributed by atoms with Crippen molar-refractivity contribution < 1.29 is 9.53 Å². The third-order valence-electron chi connectivity index (χ3n) is 3.49. The zero-order valence-electron chi connectivity index (χ0n) is 13.1. The molecule has 0 aliphatic heterocycles. The van der Waals surface area contributed by atoms with Gasteiger partial charge in [-0.15, -0.1) is 0 Å². The number of amides is 2. The Morgan fingerprint density at radius 2 is 1.91 bits per heavy atom. The molecule has 2 amide bonds. The molecule has 0 atom stereocenters. The number of ether oxygens (including phenoxy) is 1. The van der Waals surface area contributed by atoms with Gasteiger partial charge in [-0.3, -0.25) is 5.32 Å². The Morgan fingerprint density at radius 1 is 1.13 bits per heavy atom. The first-order valence-corrected chi connectivity index (χ1v) is 7.97. The second kappa shape index (κ2) is 6.26. The van der Waals surface area contributed by atoms with E-state index in [2.05, 4.69) is 21.7 Å². The highest BCUT2D eigenvalue weighted by atomic mass is 32.1. The summed E-state index contributed by atoms with van der Waals surface area (Å²) < 4.78 is 6.24. The Balaban J connectivity index is 1.77. The molecule has 0 bridgehead atoms. The zero-order chi connectivity index (χ0) is 16.4. The number of aromatic nitrogens is 1. The number of benzene rings is 2. The molecule has 3 aromatic rings. The fourth-order valence-electron chi connectivity index (χ4n) is 2.27. The molecule has 118 valence electrons. The van der Waals surface area contributed by atoms with Gasteiger partial charge in [0.25, 0.3) is 0 Å². The number of urea groups is 1. The van der Waals surface area contributed by atoms with E-state index >= 15 is 0 Å². The minimum absolute atomic E-state index is 0.326. The topological polar surface area (TPSA) is 63.2 Å². The van der Waals surface area contributed by atoms with E-state index in [0.29, 0.717) is 16.6 Å². The molecule has 0 unspecified atom stereocenters. The normalized spacial score (nSPS) is 10.6. The number of rotatable bonds is 3. The van der Waals surface area contributed by atoms with E-state index < -0.39 is 0 Å². The van der Waals surface area contributed by atoms with Crippen molar-refractivity contribution in [1.29, 1.82) is 0 Å². The van der Waals surface area contributed by atoms with Gasteiger partial charge in [-0.2, -0.15) is 0 Å². The number of thiazole rings is 1. The highest BCUT2D eigenvalue weighted by Gasteiger charge is 2.11. The number of fused-ring (bicyclic) bond motifs is 1. The fraction of sp³-hybridized carbons (Fsp3) is 0.176. The van der Waals surface area contributed by atoms with E-state index in [4.69, 9.17) is 4.74 Å². The van der Waals surface area contributed by atoms with Gasteiger partial charge >= 0.3 is 6.03 Å².